The fourth-order valence-electron chi connectivity index (χ4n) is 3.92. The zero-order valence-electron chi connectivity index (χ0n) is 19.1. The van der Waals surface area contributed by atoms with Gasteiger partial charge in [-0.2, -0.15) is 0 Å². The van der Waals surface area contributed by atoms with Gasteiger partial charge in [0.15, 0.2) is 11.5 Å². The lowest BCUT2D eigenvalue weighted by molar-refractivity contribution is -0.118. The average Bonchev–Trinajstić information content (AvgIpc) is 2.82. The number of piperidine rings is 1. The fourth-order valence-corrected chi connectivity index (χ4v) is 4.10. The molecule has 3 N–H and O–H groups in total. The van der Waals surface area contributed by atoms with E-state index >= 15 is 0 Å². The van der Waals surface area contributed by atoms with Crippen LogP contribution in [0.15, 0.2) is 36.7 Å². The molecule has 34 heavy (non-hydrogen) atoms. The SMILES string of the molecule is COc1cc2ncnc(Nc3ccc(F)c(Cl)c3)c2cc1OC1CCN(CC(N)C(C)=O)CC1. The number of carbonyl (C=O) groups excluding carboxylic acids is 1. The maximum atomic E-state index is 13.5. The van der Waals surface area contributed by atoms with Gasteiger partial charge in [-0.15, -0.1) is 0 Å². The van der Waals surface area contributed by atoms with Crippen molar-refractivity contribution in [3.63, 3.8) is 0 Å². The van der Waals surface area contributed by atoms with Crippen molar-refractivity contribution in [1.29, 1.82) is 0 Å². The van der Waals surface area contributed by atoms with E-state index in [1.165, 1.54) is 25.4 Å². The van der Waals surface area contributed by atoms with Crippen LogP contribution in [0.4, 0.5) is 15.9 Å². The molecule has 8 nitrogen and oxygen atoms in total. The van der Waals surface area contributed by atoms with Crippen molar-refractivity contribution in [2.45, 2.75) is 31.9 Å². The van der Waals surface area contributed by atoms with Crippen molar-refractivity contribution in [1.82, 2.24) is 14.9 Å². The molecule has 0 saturated carbocycles. The van der Waals surface area contributed by atoms with Crippen molar-refractivity contribution in [3.05, 3.63) is 47.5 Å². The minimum Gasteiger partial charge on any atom is -0.493 e. The number of hydrogen-bond acceptors (Lipinski definition) is 8. The molecule has 10 heteroatoms. The molecule has 2 aromatic carbocycles. The Bertz CT molecular complexity index is 1190. The summed E-state index contributed by atoms with van der Waals surface area (Å²) in [5.74, 6) is 1.20. The number of likely N-dealkylation sites (tertiary alicyclic amines) is 1. The Balaban J connectivity index is 1.53. The lowest BCUT2D eigenvalue weighted by atomic mass is 10.1. The number of ketones is 1. The quantitative estimate of drug-likeness (QED) is 0.492. The third-order valence-corrected chi connectivity index (χ3v) is 6.20. The van der Waals surface area contributed by atoms with Gasteiger partial charge >= 0.3 is 0 Å². The van der Waals surface area contributed by atoms with Gasteiger partial charge in [-0.1, -0.05) is 11.6 Å². The summed E-state index contributed by atoms with van der Waals surface area (Å²) in [4.78, 5) is 22.3. The minimum absolute atomic E-state index is 0.00573. The molecule has 0 bridgehead atoms. The van der Waals surface area contributed by atoms with E-state index in [0.717, 1.165) is 31.3 Å². The number of Topliss-reactive ketones (excluding diaryl/α,β-unsaturated/α-hetero) is 1. The van der Waals surface area contributed by atoms with Crippen molar-refractivity contribution < 1.29 is 18.7 Å². The number of benzene rings is 2. The Kier molecular flexibility index (Phi) is 7.45. The van der Waals surface area contributed by atoms with Gasteiger partial charge in [-0.3, -0.25) is 4.79 Å². The van der Waals surface area contributed by atoms with Gasteiger partial charge in [-0.05, 0) is 44.0 Å². The summed E-state index contributed by atoms with van der Waals surface area (Å²) in [5.41, 5.74) is 7.17. The van der Waals surface area contributed by atoms with Gasteiger partial charge in [0.05, 0.1) is 23.7 Å². The van der Waals surface area contributed by atoms with E-state index in [4.69, 9.17) is 26.8 Å². The Morgan fingerprint density at radius 2 is 2.03 bits per heavy atom. The van der Waals surface area contributed by atoms with Gasteiger partial charge in [0, 0.05) is 36.8 Å². The summed E-state index contributed by atoms with van der Waals surface area (Å²) in [7, 11) is 1.58. The molecule has 1 aliphatic heterocycles. The van der Waals surface area contributed by atoms with Crippen LogP contribution in [0.5, 0.6) is 11.5 Å². The second-order valence-corrected chi connectivity index (χ2v) is 8.74. The molecule has 1 unspecified atom stereocenters. The number of halogens is 2. The maximum absolute atomic E-state index is 13.5. The average molecular weight is 488 g/mol. The maximum Gasteiger partial charge on any atom is 0.162 e. The molecule has 0 spiro atoms. The fraction of sp³-hybridized carbons (Fsp3) is 0.375. The van der Waals surface area contributed by atoms with E-state index in [0.29, 0.717) is 35.1 Å². The van der Waals surface area contributed by atoms with Crippen LogP contribution in [0.1, 0.15) is 19.8 Å². The van der Waals surface area contributed by atoms with Crippen LogP contribution >= 0.6 is 11.6 Å². The molecule has 1 fully saturated rings. The molecule has 2 heterocycles. The highest BCUT2D eigenvalue weighted by Crippen LogP contribution is 2.36. The number of ether oxygens (including phenoxy) is 2. The molecule has 0 amide bonds. The van der Waals surface area contributed by atoms with E-state index in [-0.39, 0.29) is 16.9 Å². The van der Waals surface area contributed by atoms with Crippen molar-refractivity contribution in [2.24, 2.45) is 5.73 Å². The van der Waals surface area contributed by atoms with Gasteiger partial charge in [0.2, 0.25) is 0 Å². The lowest BCUT2D eigenvalue weighted by Gasteiger charge is -2.33. The molecule has 0 radical (unpaired) electrons. The van der Waals surface area contributed by atoms with E-state index in [1.807, 2.05) is 6.07 Å². The highest BCUT2D eigenvalue weighted by Gasteiger charge is 2.24. The number of anilines is 2. The van der Waals surface area contributed by atoms with Crippen LogP contribution in [0.25, 0.3) is 10.9 Å². The van der Waals surface area contributed by atoms with Crippen molar-refractivity contribution in [2.75, 3.05) is 32.1 Å². The first kappa shape index (κ1) is 24.1. The molecule has 1 atom stereocenters. The summed E-state index contributed by atoms with van der Waals surface area (Å²) in [6, 6.07) is 7.57. The number of methoxy groups -OCH3 is 1. The summed E-state index contributed by atoms with van der Waals surface area (Å²) < 4.78 is 25.4. The summed E-state index contributed by atoms with van der Waals surface area (Å²) >= 11 is 5.91. The smallest absolute Gasteiger partial charge is 0.162 e. The Morgan fingerprint density at radius 3 is 2.71 bits per heavy atom. The van der Waals surface area contributed by atoms with Crippen LogP contribution in [-0.4, -0.2) is 59.5 Å². The standard InChI is InChI=1S/C24H27ClFN5O3/c1-14(32)20(27)12-31-7-5-16(6-8-31)34-23-10-17-21(11-22(23)33-2)28-13-29-24(17)30-15-3-4-19(26)18(25)9-15/h3-4,9-11,13,16,20H,5-8,12,27H2,1-2H3,(H,28,29,30). The first-order valence-electron chi connectivity index (χ1n) is 11.0. The van der Waals surface area contributed by atoms with Crippen molar-refractivity contribution >= 4 is 39.8 Å². The highest BCUT2D eigenvalue weighted by molar-refractivity contribution is 6.31. The largest absolute Gasteiger partial charge is 0.493 e. The number of nitrogens with one attached hydrogen (secondary N) is 1. The van der Waals surface area contributed by atoms with Crippen LogP contribution in [0.3, 0.4) is 0 Å². The van der Waals surface area contributed by atoms with E-state index in [9.17, 15) is 9.18 Å². The van der Waals surface area contributed by atoms with E-state index in [1.54, 1.807) is 19.2 Å². The van der Waals surface area contributed by atoms with Crippen LogP contribution < -0.4 is 20.5 Å². The normalized spacial score (nSPS) is 15.8. The monoisotopic (exact) mass is 487 g/mol. The number of aromatic nitrogens is 2. The molecule has 3 aromatic rings. The number of carbonyl (C=O) groups is 1. The van der Waals surface area contributed by atoms with Crippen LogP contribution in [0.2, 0.25) is 5.02 Å². The Labute approximate surface area is 202 Å². The molecule has 180 valence electrons. The van der Waals surface area contributed by atoms with Gasteiger partial charge in [0.25, 0.3) is 0 Å². The molecule has 4 rings (SSSR count). The highest BCUT2D eigenvalue weighted by atomic mass is 35.5. The number of nitrogens with zero attached hydrogens (tertiary/aromatic N) is 3. The Hall–Kier alpha value is -3.01. The van der Waals surface area contributed by atoms with Crippen LogP contribution in [0, 0.1) is 5.82 Å². The summed E-state index contributed by atoms with van der Waals surface area (Å²) in [5, 5.41) is 3.92. The number of hydrogen-bond donors (Lipinski definition) is 2. The zero-order valence-corrected chi connectivity index (χ0v) is 19.8. The Morgan fingerprint density at radius 1 is 1.26 bits per heavy atom. The number of fused-ring (bicyclic) bond motifs is 1. The van der Waals surface area contributed by atoms with Gasteiger partial charge in [0.1, 0.15) is 29.8 Å². The second kappa shape index (κ2) is 10.5. The van der Waals surface area contributed by atoms with Gasteiger partial charge < -0.3 is 25.4 Å². The molecule has 1 saturated heterocycles. The summed E-state index contributed by atoms with van der Waals surface area (Å²) in [6.45, 7) is 3.66. The molecular formula is C24H27ClFN5O3. The zero-order chi connectivity index (χ0) is 24.2. The predicted molar refractivity (Wildman–Crippen MR) is 130 cm³/mol. The second-order valence-electron chi connectivity index (χ2n) is 8.33. The first-order chi connectivity index (χ1) is 16.3. The molecule has 1 aromatic heterocycles. The first-order valence-corrected chi connectivity index (χ1v) is 11.4. The van der Waals surface area contributed by atoms with Crippen molar-refractivity contribution in [3.8, 4) is 11.5 Å². The number of nitrogens with two attached hydrogens (primary N) is 1. The number of rotatable bonds is 8. The molecule has 0 aliphatic carbocycles. The van der Waals surface area contributed by atoms with Gasteiger partial charge in [-0.25, -0.2) is 14.4 Å². The topological polar surface area (TPSA) is 103 Å². The molecular weight excluding hydrogens is 461 g/mol. The van der Waals surface area contributed by atoms with E-state index < -0.39 is 11.9 Å². The third-order valence-electron chi connectivity index (χ3n) is 5.91. The summed E-state index contributed by atoms with van der Waals surface area (Å²) in [6.07, 6.45) is 3.04. The van der Waals surface area contributed by atoms with Crippen LogP contribution in [-0.2, 0) is 4.79 Å². The molecule has 1 aliphatic rings. The predicted octanol–water partition coefficient (Wildman–Crippen LogP) is 3.93. The minimum atomic E-state index is -0.491. The van der Waals surface area contributed by atoms with E-state index in [2.05, 4.69) is 20.2 Å². The third kappa shape index (κ3) is 5.55. The lowest BCUT2D eigenvalue weighted by Crippen LogP contribution is -2.46.